The molecule has 1 aliphatic heterocycles. The highest BCUT2D eigenvalue weighted by Gasteiger charge is 2.15. The fraction of sp³-hybridized carbons (Fsp3) is 0.190. The van der Waals surface area contributed by atoms with Crippen LogP contribution in [-0.2, 0) is 11.3 Å². The van der Waals surface area contributed by atoms with Crippen molar-refractivity contribution in [1.29, 1.82) is 0 Å². The molecule has 29 heavy (non-hydrogen) atoms. The Hall–Kier alpha value is -3.81. The molecule has 4 rings (SSSR count). The maximum absolute atomic E-state index is 12.4. The van der Waals surface area contributed by atoms with E-state index in [1.807, 2.05) is 49.3 Å². The van der Waals surface area contributed by atoms with Crippen LogP contribution in [0.4, 0.5) is 11.4 Å². The van der Waals surface area contributed by atoms with Gasteiger partial charge >= 0.3 is 0 Å². The molecule has 1 aromatic heterocycles. The van der Waals surface area contributed by atoms with Crippen LogP contribution in [0.25, 0.3) is 11.3 Å². The van der Waals surface area contributed by atoms with Crippen molar-refractivity contribution in [3.05, 3.63) is 65.0 Å². The van der Waals surface area contributed by atoms with E-state index in [0.717, 1.165) is 15.9 Å². The van der Waals surface area contributed by atoms with Crippen LogP contribution < -0.4 is 25.2 Å². The third-order valence-electron chi connectivity index (χ3n) is 4.50. The molecule has 1 amide bonds. The average Bonchev–Trinajstić information content (AvgIpc) is 3.18. The van der Waals surface area contributed by atoms with Gasteiger partial charge in [0.25, 0.3) is 5.56 Å². The first-order valence-corrected chi connectivity index (χ1v) is 9.05. The number of aromatic nitrogens is 2. The number of ether oxygens (including phenoxy) is 2. The second-order valence-corrected chi connectivity index (χ2v) is 6.77. The van der Waals surface area contributed by atoms with Crippen LogP contribution in [0.15, 0.2) is 59.4 Å². The second kappa shape index (κ2) is 7.67. The van der Waals surface area contributed by atoms with Gasteiger partial charge < -0.3 is 19.7 Å². The van der Waals surface area contributed by atoms with Gasteiger partial charge in [0.1, 0.15) is 6.54 Å². The van der Waals surface area contributed by atoms with E-state index in [-0.39, 0.29) is 24.8 Å². The fourth-order valence-corrected chi connectivity index (χ4v) is 2.95. The normalized spacial score (nSPS) is 11.9. The second-order valence-electron chi connectivity index (χ2n) is 6.77. The third kappa shape index (κ3) is 4.06. The van der Waals surface area contributed by atoms with E-state index in [2.05, 4.69) is 10.4 Å². The number of anilines is 2. The van der Waals surface area contributed by atoms with Crippen molar-refractivity contribution >= 4 is 17.3 Å². The van der Waals surface area contributed by atoms with Crippen LogP contribution in [0.1, 0.15) is 0 Å². The number of hydrogen-bond donors (Lipinski definition) is 1. The van der Waals surface area contributed by atoms with Crippen LogP contribution in [0.2, 0.25) is 0 Å². The first-order valence-electron chi connectivity index (χ1n) is 9.05. The summed E-state index contributed by atoms with van der Waals surface area (Å²) in [6.07, 6.45) is 0. The van der Waals surface area contributed by atoms with E-state index in [1.165, 1.54) is 6.07 Å². The van der Waals surface area contributed by atoms with Crippen molar-refractivity contribution in [2.75, 3.05) is 31.1 Å². The van der Waals surface area contributed by atoms with Crippen molar-refractivity contribution in [3.8, 4) is 22.8 Å². The summed E-state index contributed by atoms with van der Waals surface area (Å²) in [5.74, 6) is 0.961. The Kier molecular flexibility index (Phi) is 4.90. The molecule has 8 heteroatoms. The van der Waals surface area contributed by atoms with Gasteiger partial charge in [-0.1, -0.05) is 0 Å². The predicted octanol–water partition coefficient (Wildman–Crippen LogP) is 2.34. The molecule has 0 atom stereocenters. The standard InChI is InChI=1S/C21H20N4O4/c1-24(2)16-6-4-15(5-7-16)22-20(26)12-25-21(27)10-8-17(23-25)14-3-9-18-19(11-14)29-13-28-18/h3-11H,12-13H2,1-2H3,(H,22,26). The lowest BCUT2D eigenvalue weighted by Crippen LogP contribution is -2.29. The number of fused-ring (bicyclic) bond motifs is 1. The van der Waals surface area contributed by atoms with Gasteiger partial charge in [-0.15, -0.1) is 0 Å². The van der Waals surface area contributed by atoms with E-state index < -0.39 is 0 Å². The molecule has 0 unspecified atom stereocenters. The molecule has 0 saturated carbocycles. The molecule has 2 aromatic carbocycles. The maximum atomic E-state index is 12.4. The Morgan fingerprint density at radius 2 is 1.83 bits per heavy atom. The minimum absolute atomic E-state index is 0.182. The third-order valence-corrected chi connectivity index (χ3v) is 4.50. The van der Waals surface area contributed by atoms with Gasteiger partial charge in [0.2, 0.25) is 12.7 Å². The minimum Gasteiger partial charge on any atom is -0.454 e. The smallest absolute Gasteiger partial charge is 0.267 e. The molecule has 148 valence electrons. The predicted molar refractivity (Wildman–Crippen MR) is 109 cm³/mol. The zero-order valence-corrected chi connectivity index (χ0v) is 16.1. The van der Waals surface area contributed by atoms with Crippen molar-refractivity contribution < 1.29 is 14.3 Å². The van der Waals surface area contributed by atoms with Gasteiger partial charge in [0.15, 0.2) is 11.5 Å². The zero-order chi connectivity index (χ0) is 20.4. The summed E-state index contributed by atoms with van der Waals surface area (Å²) < 4.78 is 11.8. The number of rotatable bonds is 5. The molecule has 2 heterocycles. The van der Waals surface area contributed by atoms with Crippen LogP contribution in [0, 0.1) is 0 Å². The van der Waals surface area contributed by atoms with E-state index in [9.17, 15) is 9.59 Å². The van der Waals surface area contributed by atoms with Gasteiger partial charge in [-0.2, -0.15) is 5.10 Å². The monoisotopic (exact) mass is 392 g/mol. The Bertz CT molecular complexity index is 1110. The Balaban J connectivity index is 1.50. The SMILES string of the molecule is CN(C)c1ccc(NC(=O)Cn2nc(-c3ccc4c(c3)OCO4)ccc2=O)cc1. The lowest BCUT2D eigenvalue weighted by molar-refractivity contribution is -0.117. The number of carbonyl (C=O) groups is 1. The summed E-state index contributed by atoms with van der Waals surface area (Å²) in [6, 6.07) is 15.9. The molecule has 0 radical (unpaired) electrons. The molecule has 1 N–H and O–H groups in total. The molecule has 0 bridgehead atoms. The number of carbonyl (C=O) groups excluding carboxylic acids is 1. The van der Waals surface area contributed by atoms with Crippen LogP contribution >= 0.6 is 0 Å². The molecular weight excluding hydrogens is 372 g/mol. The van der Waals surface area contributed by atoms with Crippen molar-refractivity contribution in [2.45, 2.75) is 6.54 Å². The van der Waals surface area contributed by atoms with Crippen molar-refractivity contribution in [2.24, 2.45) is 0 Å². The maximum Gasteiger partial charge on any atom is 0.267 e. The molecule has 0 aliphatic carbocycles. The van der Waals surface area contributed by atoms with Crippen LogP contribution in [0.5, 0.6) is 11.5 Å². The minimum atomic E-state index is -0.354. The number of nitrogens with one attached hydrogen (secondary N) is 1. The summed E-state index contributed by atoms with van der Waals surface area (Å²) in [6.45, 7) is -0.00589. The van der Waals surface area contributed by atoms with Gasteiger partial charge in [-0.3, -0.25) is 9.59 Å². The summed E-state index contributed by atoms with van der Waals surface area (Å²) in [5.41, 5.74) is 2.65. The number of benzene rings is 2. The summed E-state index contributed by atoms with van der Waals surface area (Å²) in [4.78, 5) is 26.5. The first kappa shape index (κ1) is 18.5. The van der Waals surface area contributed by atoms with Crippen molar-refractivity contribution in [1.82, 2.24) is 9.78 Å². The number of amides is 1. The molecule has 3 aromatic rings. The van der Waals surface area contributed by atoms with E-state index in [1.54, 1.807) is 18.2 Å². The highest BCUT2D eigenvalue weighted by Crippen LogP contribution is 2.35. The largest absolute Gasteiger partial charge is 0.454 e. The van der Waals surface area contributed by atoms with Crippen LogP contribution in [-0.4, -0.2) is 36.6 Å². The van der Waals surface area contributed by atoms with E-state index >= 15 is 0 Å². The molecule has 0 saturated heterocycles. The molecule has 0 spiro atoms. The zero-order valence-electron chi connectivity index (χ0n) is 16.1. The van der Waals surface area contributed by atoms with E-state index in [4.69, 9.17) is 9.47 Å². The Morgan fingerprint density at radius 1 is 1.07 bits per heavy atom. The van der Waals surface area contributed by atoms with Gasteiger partial charge in [-0.05, 0) is 48.5 Å². The summed E-state index contributed by atoms with van der Waals surface area (Å²) in [7, 11) is 3.89. The quantitative estimate of drug-likeness (QED) is 0.717. The fourth-order valence-electron chi connectivity index (χ4n) is 2.95. The molecule has 1 aliphatic rings. The lowest BCUT2D eigenvalue weighted by Gasteiger charge is -2.13. The first-order chi connectivity index (χ1) is 14.0. The highest BCUT2D eigenvalue weighted by molar-refractivity contribution is 5.90. The van der Waals surface area contributed by atoms with Crippen molar-refractivity contribution in [3.63, 3.8) is 0 Å². The topological polar surface area (TPSA) is 85.7 Å². The molecule has 8 nitrogen and oxygen atoms in total. The molecule has 0 fully saturated rings. The number of hydrogen-bond acceptors (Lipinski definition) is 6. The summed E-state index contributed by atoms with van der Waals surface area (Å²) >= 11 is 0. The van der Waals surface area contributed by atoms with E-state index in [0.29, 0.717) is 22.9 Å². The Labute approximate surface area is 167 Å². The lowest BCUT2D eigenvalue weighted by atomic mass is 10.1. The molecular formula is C21H20N4O4. The summed E-state index contributed by atoms with van der Waals surface area (Å²) in [5, 5.41) is 7.11. The Morgan fingerprint density at radius 3 is 2.59 bits per heavy atom. The van der Waals surface area contributed by atoms with Gasteiger partial charge in [0, 0.05) is 37.1 Å². The highest BCUT2D eigenvalue weighted by atomic mass is 16.7. The van der Waals surface area contributed by atoms with Gasteiger partial charge in [0.05, 0.1) is 5.69 Å². The average molecular weight is 392 g/mol. The van der Waals surface area contributed by atoms with Crippen LogP contribution in [0.3, 0.4) is 0 Å². The number of nitrogens with zero attached hydrogens (tertiary/aromatic N) is 3. The van der Waals surface area contributed by atoms with Gasteiger partial charge in [-0.25, -0.2) is 4.68 Å².